The maximum Gasteiger partial charge on any atom is 0.153 e. The lowest BCUT2D eigenvalue weighted by Crippen LogP contribution is -2.27. The molecule has 0 saturated carbocycles. The number of hydrogen-bond acceptors (Lipinski definition) is 3. The smallest absolute Gasteiger partial charge is 0.153 e. The first-order chi connectivity index (χ1) is 7.92. The number of hydrogen-bond donors (Lipinski definition) is 1. The van der Waals surface area contributed by atoms with Gasteiger partial charge in [-0.15, -0.1) is 0 Å². The van der Waals surface area contributed by atoms with Crippen LogP contribution in [0.1, 0.15) is 19.4 Å². The Morgan fingerprint density at radius 2 is 2.06 bits per heavy atom. The molecule has 0 bridgehead atoms. The highest BCUT2D eigenvalue weighted by Crippen LogP contribution is 2.10. The molecule has 0 aliphatic rings. The van der Waals surface area contributed by atoms with E-state index in [4.69, 9.17) is 11.6 Å². The van der Waals surface area contributed by atoms with Gasteiger partial charge in [0.25, 0.3) is 0 Å². The topological polar surface area (TPSA) is 46.2 Å². The second-order valence-corrected chi connectivity index (χ2v) is 7.34. The normalized spacial score (nSPS) is 12.0. The minimum atomic E-state index is -2.95. The van der Waals surface area contributed by atoms with Crippen LogP contribution in [0.2, 0.25) is 5.02 Å². The maximum atomic E-state index is 11.5. The molecule has 0 saturated heterocycles. The van der Waals surface area contributed by atoms with E-state index in [0.29, 0.717) is 18.1 Å². The molecule has 1 N–H and O–H groups in total. The van der Waals surface area contributed by atoms with Crippen LogP contribution in [0.3, 0.4) is 0 Å². The van der Waals surface area contributed by atoms with Crippen molar-refractivity contribution in [3.05, 3.63) is 34.9 Å². The van der Waals surface area contributed by atoms with E-state index in [0.717, 1.165) is 5.56 Å². The molecule has 1 aromatic carbocycles. The molecule has 0 spiro atoms. The van der Waals surface area contributed by atoms with Crippen molar-refractivity contribution >= 4 is 21.4 Å². The Morgan fingerprint density at radius 1 is 1.35 bits per heavy atom. The largest absolute Gasteiger partial charge is 0.312 e. The SMILES string of the molecule is CC(C)S(=O)(=O)CCNCc1cccc(Cl)c1. The van der Waals surface area contributed by atoms with Gasteiger partial charge in [-0.05, 0) is 31.5 Å². The average molecular weight is 276 g/mol. The lowest BCUT2D eigenvalue weighted by Gasteiger charge is -2.08. The summed E-state index contributed by atoms with van der Waals surface area (Å²) in [6.07, 6.45) is 0. The Bertz CT molecular complexity index is 457. The van der Waals surface area contributed by atoms with E-state index in [9.17, 15) is 8.42 Å². The van der Waals surface area contributed by atoms with Gasteiger partial charge in [0.1, 0.15) is 0 Å². The van der Waals surface area contributed by atoms with Crippen LogP contribution < -0.4 is 5.32 Å². The second kappa shape index (κ2) is 6.38. The lowest BCUT2D eigenvalue weighted by molar-refractivity contribution is 0.582. The molecule has 0 aromatic heterocycles. The predicted molar refractivity (Wildman–Crippen MR) is 72.1 cm³/mol. The van der Waals surface area contributed by atoms with Gasteiger partial charge in [-0.25, -0.2) is 8.42 Å². The van der Waals surface area contributed by atoms with E-state index < -0.39 is 9.84 Å². The third-order valence-corrected chi connectivity index (χ3v) is 4.94. The predicted octanol–water partition coefficient (Wildman–Crippen LogP) is 2.25. The van der Waals surface area contributed by atoms with Gasteiger partial charge < -0.3 is 5.32 Å². The van der Waals surface area contributed by atoms with Gasteiger partial charge in [-0.3, -0.25) is 0 Å². The maximum absolute atomic E-state index is 11.5. The van der Waals surface area contributed by atoms with Gasteiger partial charge in [0.2, 0.25) is 0 Å². The van der Waals surface area contributed by atoms with Crippen LogP contribution in [-0.2, 0) is 16.4 Å². The molecule has 0 atom stereocenters. The average Bonchev–Trinajstić information content (AvgIpc) is 2.24. The highest BCUT2D eigenvalue weighted by Gasteiger charge is 2.14. The van der Waals surface area contributed by atoms with E-state index in [2.05, 4.69) is 5.32 Å². The monoisotopic (exact) mass is 275 g/mol. The molecule has 96 valence electrons. The van der Waals surface area contributed by atoms with Crippen molar-refractivity contribution in [3.63, 3.8) is 0 Å². The summed E-state index contributed by atoms with van der Waals surface area (Å²) in [5.74, 6) is 0.172. The standard InChI is InChI=1S/C12H18ClNO2S/c1-10(2)17(15,16)7-6-14-9-11-4-3-5-12(13)8-11/h3-5,8,10,14H,6-7,9H2,1-2H3. The lowest BCUT2D eigenvalue weighted by atomic mass is 10.2. The third kappa shape index (κ3) is 5.06. The quantitative estimate of drug-likeness (QED) is 0.810. The first-order valence-electron chi connectivity index (χ1n) is 5.58. The van der Waals surface area contributed by atoms with E-state index in [1.807, 2.05) is 24.3 Å². The van der Waals surface area contributed by atoms with Crippen LogP contribution in [0.15, 0.2) is 24.3 Å². The van der Waals surface area contributed by atoms with Crippen LogP contribution >= 0.6 is 11.6 Å². The fraction of sp³-hybridized carbons (Fsp3) is 0.500. The highest BCUT2D eigenvalue weighted by atomic mass is 35.5. The molecule has 0 unspecified atom stereocenters. The van der Waals surface area contributed by atoms with E-state index in [1.54, 1.807) is 13.8 Å². The Balaban J connectivity index is 2.35. The Morgan fingerprint density at radius 3 is 2.65 bits per heavy atom. The fourth-order valence-electron chi connectivity index (χ4n) is 1.33. The van der Waals surface area contributed by atoms with E-state index in [1.165, 1.54) is 0 Å². The van der Waals surface area contributed by atoms with Gasteiger partial charge >= 0.3 is 0 Å². The summed E-state index contributed by atoms with van der Waals surface area (Å²) < 4.78 is 23.1. The molecule has 1 rings (SSSR count). The van der Waals surface area contributed by atoms with Crippen molar-refractivity contribution in [2.24, 2.45) is 0 Å². The Labute approximate surface area is 108 Å². The molecular formula is C12H18ClNO2S. The van der Waals surface area contributed by atoms with Crippen molar-refractivity contribution in [2.75, 3.05) is 12.3 Å². The van der Waals surface area contributed by atoms with Crippen LogP contribution in [-0.4, -0.2) is 26.0 Å². The molecular weight excluding hydrogens is 258 g/mol. The van der Waals surface area contributed by atoms with Crippen LogP contribution in [0.5, 0.6) is 0 Å². The zero-order valence-corrected chi connectivity index (χ0v) is 11.7. The number of benzene rings is 1. The molecule has 1 aromatic rings. The number of nitrogens with one attached hydrogen (secondary N) is 1. The van der Waals surface area contributed by atoms with Gasteiger partial charge in [0, 0.05) is 18.1 Å². The molecule has 0 amide bonds. The van der Waals surface area contributed by atoms with Crippen molar-refractivity contribution in [1.29, 1.82) is 0 Å². The minimum Gasteiger partial charge on any atom is -0.312 e. The molecule has 5 heteroatoms. The summed E-state index contributed by atoms with van der Waals surface area (Å²) in [6.45, 7) is 4.50. The Hall–Kier alpha value is -0.580. The van der Waals surface area contributed by atoms with Crippen LogP contribution in [0, 0.1) is 0 Å². The summed E-state index contributed by atoms with van der Waals surface area (Å²) in [4.78, 5) is 0. The summed E-state index contributed by atoms with van der Waals surface area (Å²) >= 11 is 5.85. The third-order valence-electron chi connectivity index (χ3n) is 2.50. The molecule has 0 aliphatic heterocycles. The van der Waals surface area contributed by atoms with E-state index in [-0.39, 0.29) is 11.0 Å². The number of halogens is 1. The highest BCUT2D eigenvalue weighted by molar-refractivity contribution is 7.92. The van der Waals surface area contributed by atoms with Gasteiger partial charge in [-0.1, -0.05) is 23.7 Å². The van der Waals surface area contributed by atoms with Gasteiger partial charge in [0.05, 0.1) is 11.0 Å². The summed E-state index contributed by atoms with van der Waals surface area (Å²) in [5, 5.41) is 3.49. The summed E-state index contributed by atoms with van der Waals surface area (Å²) in [7, 11) is -2.95. The summed E-state index contributed by atoms with van der Waals surface area (Å²) in [5.41, 5.74) is 1.06. The molecule has 0 fully saturated rings. The van der Waals surface area contributed by atoms with Gasteiger partial charge in [-0.2, -0.15) is 0 Å². The Kier molecular flexibility index (Phi) is 5.43. The molecule has 0 aliphatic carbocycles. The molecule has 0 radical (unpaired) electrons. The van der Waals surface area contributed by atoms with Crippen molar-refractivity contribution in [1.82, 2.24) is 5.32 Å². The van der Waals surface area contributed by atoms with Gasteiger partial charge in [0.15, 0.2) is 9.84 Å². The van der Waals surface area contributed by atoms with Crippen molar-refractivity contribution < 1.29 is 8.42 Å². The summed E-state index contributed by atoms with van der Waals surface area (Å²) in [6, 6.07) is 7.51. The van der Waals surface area contributed by atoms with Crippen LogP contribution in [0.4, 0.5) is 0 Å². The number of sulfone groups is 1. The first-order valence-corrected chi connectivity index (χ1v) is 7.68. The molecule has 3 nitrogen and oxygen atoms in total. The van der Waals surface area contributed by atoms with E-state index >= 15 is 0 Å². The van der Waals surface area contributed by atoms with Crippen LogP contribution in [0.25, 0.3) is 0 Å². The van der Waals surface area contributed by atoms with Crippen molar-refractivity contribution in [3.8, 4) is 0 Å². The van der Waals surface area contributed by atoms with Crippen molar-refractivity contribution in [2.45, 2.75) is 25.6 Å². The minimum absolute atomic E-state index is 0.172. The molecule has 17 heavy (non-hydrogen) atoms. The first kappa shape index (κ1) is 14.5. The number of rotatable bonds is 6. The fourth-order valence-corrected chi connectivity index (χ4v) is 2.44. The second-order valence-electron chi connectivity index (χ2n) is 4.22. The molecule has 0 heterocycles. The zero-order valence-electron chi connectivity index (χ0n) is 10.1. The zero-order chi connectivity index (χ0) is 12.9.